The molecule has 0 bridgehead atoms. The quantitative estimate of drug-likeness (QED) is 0.905. The molecule has 2 N–H and O–H groups in total. The van der Waals surface area contributed by atoms with Gasteiger partial charge < -0.3 is 15.2 Å². The Hall–Kier alpha value is -1.36. The van der Waals surface area contributed by atoms with E-state index in [4.69, 9.17) is 15.2 Å². The van der Waals surface area contributed by atoms with Crippen molar-refractivity contribution in [2.75, 3.05) is 12.8 Å². The van der Waals surface area contributed by atoms with Crippen LogP contribution in [0.3, 0.4) is 0 Å². The second kappa shape index (κ2) is 6.19. The first-order valence-corrected chi connectivity index (χ1v) is 6.85. The van der Waals surface area contributed by atoms with Gasteiger partial charge in [-0.1, -0.05) is 13.8 Å². The third kappa shape index (κ3) is 4.06. The van der Waals surface area contributed by atoms with Crippen LogP contribution >= 0.6 is 0 Å². The van der Waals surface area contributed by atoms with E-state index in [0.29, 0.717) is 36.0 Å². The Bertz CT molecular complexity index is 415. The third-order valence-electron chi connectivity index (χ3n) is 3.46. The molecule has 1 aromatic heterocycles. The molecule has 2 unspecified atom stereocenters. The molecule has 0 radical (unpaired) electrons. The maximum atomic E-state index is 5.98. The lowest BCUT2D eigenvalue weighted by atomic mass is 9.82. The second-order valence-electron chi connectivity index (χ2n) is 5.64. The van der Waals surface area contributed by atoms with Crippen molar-refractivity contribution in [2.45, 2.75) is 45.8 Å². The van der Waals surface area contributed by atoms with E-state index < -0.39 is 0 Å². The normalized spacial score (nSPS) is 27.2. The molecule has 0 aromatic carbocycles. The second-order valence-corrected chi connectivity index (χ2v) is 5.64. The first kappa shape index (κ1) is 14.1. The van der Waals surface area contributed by atoms with E-state index >= 15 is 0 Å². The number of methoxy groups -OCH3 is 1. The Morgan fingerprint density at radius 1 is 1.21 bits per heavy atom. The molecule has 0 aliphatic heterocycles. The zero-order valence-electron chi connectivity index (χ0n) is 11.9. The summed E-state index contributed by atoms with van der Waals surface area (Å²) in [5.41, 5.74) is 5.76. The molecule has 1 aliphatic carbocycles. The topological polar surface area (TPSA) is 70.3 Å². The minimum absolute atomic E-state index is 0.225. The maximum Gasteiger partial charge on any atom is 0.219 e. The standard InChI is InChI=1S/C14H23N3O2/c1-9-4-10(2)6-11(5-9)19-14-7-12(15)16-13(17-14)8-18-3/h7,9-11H,4-6,8H2,1-3H3,(H2,15,16,17). The summed E-state index contributed by atoms with van der Waals surface area (Å²) in [4.78, 5) is 8.44. The Morgan fingerprint density at radius 3 is 2.53 bits per heavy atom. The van der Waals surface area contributed by atoms with E-state index in [9.17, 15) is 0 Å². The highest BCUT2D eigenvalue weighted by molar-refractivity contribution is 5.32. The van der Waals surface area contributed by atoms with E-state index in [1.165, 1.54) is 6.42 Å². The fourth-order valence-corrected chi connectivity index (χ4v) is 2.89. The smallest absolute Gasteiger partial charge is 0.219 e. The van der Waals surface area contributed by atoms with Crippen LogP contribution in [0.25, 0.3) is 0 Å². The van der Waals surface area contributed by atoms with Crippen LogP contribution in [0.5, 0.6) is 5.88 Å². The van der Waals surface area contributed by atoms with Crippen molar-refractivity contribution < 1.29 is 9.47 Å². The van der Waals surface area contributed by atoms with Crippen molar-refractivity contribution in [3.05, 3.63) is 11.9 Å². The Kier molecular flexibility index (Phi) is 4.58. The molecule has 0 amide bonds. The molecular formula is C14H23N3O2. The molecule has 5 heteroatoms. The van der Waals surface area contributed by atoms with Gasteiger partial charge in [-0.2, -0.15) is 4.98 Å². The van der Waals surface area contributed by atoms with Crippen LogP contribution in [0.1, 0.15) is 38.9 Å². The van der Waals surface area contributed by atoms with Crippen LogP contribution in [-0.4, -0.2) is 23.2 Å². The van der Waals surface area contributed by atoms with Crippen molar-refractivity contribution >= 4 is 5.82 Å². The molecule has 1 saturated carbocycles. The zero-order chi connectivity index (χ0) is 13.8. The van der Waals surface area contributed by atoms with Gasteiger partial charge in [-0.3, -0.25) is 0 Å². The number of nitrogens with zero attached hydrogens (tertiary/aromatic N) is 2. The highest BCUT2D eigenvalue weighted by Crippen LogP contribution is 2.31. The van der Waals surface area contributed by atoms with Crippen LogP contribution in [0.15, 0.2) is 6.07 Å². The van der Waals surface area contributed by atoms with Crippen molar-refractivity contribution in [2.24, 2.45) is 11.8 Å². The van der Waals surface area contributed by atoms with Crippen LogP contribution in [0.2, 0.25) is 0 Å². The van der Waals surface area contributed by atoms with E-state index in [1.807, 2.05) is 0 Å². The molecule has 0 saturated heterocycles. The fourth-order valence-electron chi connectivity index (χ4n) is 2.89. The lowest BCUT2D eigenvalue weighted by molar-refractivity contribution is 0.0954. The molecule has 1 aliphatic rings. The molecule has 1 heterocycles. The molecule has 19 heavy (non-hydrogen) atoms. The number of nitrogens with two attached hydrogens (primary N) is 1. The Balaban J connectivity index is 2.05. The van der Waals surface area contributed by atoms with Crippen LogP contribution in [0, 0.1) is 11.8 Å². The average molecular weight is 265 g/mol. The summed E-state index contributed by atoms with van der Waals surface area (Å²) >= 11 is 0. The molecule has 5 nitrogen and oxygen atoms in total. The van der Waals surface area contributed by atoms with Gasteiger partial charge in [0.1, 0.15) is 18.5 Å². The van der Waals surface area contributed by atoms with Crippen molar-refractivity contribution in [1.82, 2.24) is 9.97 Å². The fraction of sp³-hybridized carbons (Fsp3) is 0.714. The van der Waals surface area contributed by atoms with Crippen LogP contribution in [-0.2, 0) is 11.3 Å². The summed E-state index contributed by atoms with van der Waals surface area (Å²) in [6.07, 6.45) is 3.66. The van der Waals surface area contributed by atoms with Gasteiger partial charge in [-0.25, -0.2) is 4.98 Å². The lowest BCUT2D eigenvalue weighted by Gasteiger charge is -2.31. The molecule has 0 spiro atoms. The SMILES string of the molecule is COCc1nc(N)cc(OC2CC(C)CC(C)C2)n1. The van der Waals surface area contributed by atoms with Gasteiger partial charge in [0, 0.05) is 13.2 Å². The van der Waals surface area contributed by atoms with Gasteiger partial charge in [0.25, 0.3) is 0 Å². The Labute approximate surface area is 114 Å². The van der Waals surface area contributed by atoms with Crippen molar-refractivity contribution in [3.8, 4) is 5.88 Å². The summed E-state index contributed by atoms with van der Waals surface area (Å²) in [5.74, 6) is 2.95. The summed E-state index contributed by atoms with van der Waals surface area (Å²) in [6.45, 7) is 4.90. The predicted molar refractivity (Wildman–Crippen MR) is 73.8 cm³/mol. The van der Waals surface area contributed by atoms with Crippen molar-refractivity contribution in [1.29, 1.82) is 0 Å². The highest BCUT2D eigenvalue weighted by Gasteiger charge is 2.25. The third-order valence-corrected chi connectivity index (χ3v) is 3.46. The summed E-state index contributed by atoms with van der Waals surface area (Å²) < 4.78 is 11.0. The predicted octanol–water partition coefficient (Wildman–Crippen LogP) is 2.41. The van der Waals surface area contributed by atoms with Crippen molar-refractivity contribution in [3.63, 3.8) is 0 Å². The van der Waals surface area contributed by atoms with Gasteiger partial charge in [0.05, 0.1) is 0 Å². The van der Waals surface area contributed by atoms with Gasteiger partial charge >= 0.3 is 0 Å². The van der Waals surface area contributed by atoms with Gasteiger partial charge in [-0.15, -0.1) is 0 Å². The number of rotatable bonds is 4. The van der Waals surface area contributed by atoms with E-state index in [0.717, 1.165) is 12.8 Å². The number of nitrogen functional groups attached to an aromatic ring is 1. The summed E-state index contributed by atoms with van der Waals surface area (Å²) in [6, 6.07) is 1.68. The molecule has 1 fully saturated rings. The highest BCUT2D eigenvalue weighted by atomic mass is 16.5. The number of hydrogen-bond acceptors (Lipinski definition) is 5. The largest absolute Gasteiger partial charge is 0.474 e. The van der Waals surface area contributed by atoms with E-state index in [1.54, 1.807) is 13.2 Å². The molecule has 1 aromatic rings. The molecular weight excluding hydrogens is 242 g/mol. The summed E-state index contributed by atoms with van der Waals surface area (Å²) in [7, 11) is 1.61. The zero-order valence-corrected chi connectivity index (χ0v) is 11.9. The lowest BCUT2D eigenvalue weighted by Crippen LogP contribution is -2.29. The molecule has 2 atom stereocenters. The number of ether oxygens (including phenoxy) is 2. The average Bonchev–Trinajstić information content (AvgIpc) is 2.26. The number of aromatic nitrogens is 2. The van der Waals surface area contributed by atoms with Gasteiger partial charge in [0.15, 0.2) is 5.82 Å². The first-order chi connectivity index (χ1) is 9.06. The maximum absolute atomic E-state index is 5.98. The minimum Gasteiger partial charge on any atom is -0.474 e. The van der Waals surface area contributed by atoms with Crippen LogP contribution in [0.4, 0.5) is 5.82 Å². The van der Waals surface area contributed by atoms with E-state index in [2.05, 4.69) is 23.8 Å². The number of anilines is 1. The Morgan fingerprint density at radius 2 is 1.89 bits per heavy atom. The summed E-state index contributed by atoms with van der Waals surface area (Å²) in [5, 5.41) is 0. The first-order valence-electron chi connectivity index (χ1n) is 6.85. The molecule has 2 rings (SSSR count). The van der Waals surface area contributed by atoms with Gasteiger partial charge in [0.2, 0.25) is 5.88 Å². The van der Waals surface area contributed by atoms with E-state index in [-0.39, 0.29) is 6.10 Å². The molecule has 106 valence electrons. The van der Waals surface area contributed by atoms with Gasteiger partial charge in [-0.05, 0) is 31.1 Å². The number of hydrogen-bond donors (Lipinski definition) is 1. The van der Waals surface area contributed by atoms with Crippen LogP contribution < -0.4 is 10.5 Å². The minimum atomic E-state index is 0.225. The monoisotopic (exact) mass is 265 g/mol.